The molecule has 0 aliphatic heterocycles. The number of hydrogen-bond donors (Lipinski definition) is 2. The normalized spacial score (nSPS) is 14.4. The van der Waals surface area contributed by atoms with Crippen LogP contribution in [0.4, 0.5) is 0 Å². The van der Waals surface area contributed by atoms with Crippen LogP contribution in [0.5, 0.6) is 0 Å². The van der Waals surface area contributed by atoms with Crippen LogP contribution in [0.2, 0.25) is 0 Å². The molecule has 0 amide bonds. The first-order valence-corrected chi connectivity index (χ1v) is 3.28. The summed E-state index contributed by atoms with van der Waals surface area (Å²) in [4.78, 5) is 19.8. The van der Waals surface area contributed by atoms with Crippen molar-refractivity contribution in [3.63, 3.8) is 0 Å². The number of rotatable bonds is 3. The van der Waals surface area contributed by atoms with Gasteiger partial charge in [-0.15, -0.1) is 0 Å². The molecule has 0 heterocycles. The maximum absolute atomic E-state index is 9.92. The van der Waals surface area contributed by atoms with Crippen LogP contribution in [-0.4, -0.2) is 22.4 Å². The van der Waals surface area contributed by atoms with Crippen LogP contribution in [0, 0.1) is 0 Å². The minimum atomic E-state index is -1.58. The van der Waals surface area contributed by atoms with Crippen molar-refractivity contribution in [2.24, 2.45) is 0 Å². The summed E-state index contributed by atoms with van der Waals surface area (Å²) < 4.78 is 0. The molecule has 0 fully saturated rings. The Kier molecular flexibility index (Phi) is 7.36. The molecule has 0 aromatic carbocycles. The van der Waals surface area contributed by atoms with E-state index in [4.69, 9.17) is 0 Å². The summed E-state index contributed by atoms with van der Waals surface area (Å²) in [6.07, 6.45) is 0. The van der Waals surface area contributed by atoms with Crippen molar-refractivity contribution in [2.75, 3.05) is 0 Å². The first-order chi connectivity index (χ1) is 4.46. The number of hydrogen-bond acceptors (Lipinski definition) is 6. The van der Waals surface area contributed by atoms with Crippen LogP contribution in [0.25, 0.3) is 0 Å². The fraction of sp³-hybridized carbons (Fsp3) is 0.500. The Hall–Kier alpha value is 0.263. The van der Waals surface area contributed by atoms with E-state index in [2.05, 4.69) is 25.3 Å². The molecule has 0 saturated heterocycles. The summed E-state index contributed by atoms with van der Waals surface area (Å²) >= 11 is 6.80. The fourth-order valence-electron chi connectivity index (χ4n) is 0.258. The molecule has 0 rings (SSSR count). The van der Waals surface area contributed by atoms with E-state index >= 15 is 0 Å². The second kappa shape index (κ2) is 5.86. The molecule has 7 heteroatoms. The SMILES string of the molecule is O=C([O-])C(S)C(S)C(=O)[O-].[Zn+2]. The van der Waals surface area contributed by atoms with Gasteiger partial charge in [-0.3, -0.25) is 0 Å². The molecule has 0 radical (unpaired) electrons. The van der Waals surface area contributed by atoms with Gasteiger partial charge in [0.1, 0.15) is 0 Å². The predicted molar refractivity (Wildman–Crippen MR) is 35.6 cm³/mol. The maximum Gasteiger partial charge on any atom is 2.00 e. The van der Waals surface area contributed by atoms with Crippen LogP contribution < -0.4 is 10.2 Å². The van der Waals surface area contributed by atoms with Crippen molar-refractivity contribution < 1.29 is 39.3 Å². The molecule has 0 saturated carbocycles. The quantitative estimate of drug-likeness (QED) is 0.412. The molecule has 0 spiro atoms. The van der Waals surface area contributed by atoms with Gasteiger partial charge in [0.05, 0.1) is 22.4 Å². The molecule has 0 aromatic heterocycles. The number of carbonyl (C=O) groups is 2. The second-order valence-corrected chi connectivity index (χ2v) is 2.64. The number of carboxylic acids is 2. The molecule has 0 aliphatic rings. The molecular weight excluding hydrogens is 242 g/mol. The molecule has 11 heavy (non-hydrogen) atoms. The van der Waals surface area contributed by atoms with E-state index in [1.165, 1.54) is 0 Å². The topological polar surface area (TPSA) is 80.3 Å². The largest absolute Gasteiger partial charge is 2.00 e. The van der Waals surface area contributed by atoms with E-state index in [-0.39, 0.29) is 19.5 Å². The summed E-state index contributed by atoms with van der Waals surface area (Å²) in [7, 11) is 0. The first-order valence-electron chi connectivity index (χ1n) is 2.24. The fourth-order valence-corrected chi connectivity index (χ4v) is 0.501. The molecule has 4 nitrogen and oxygen atoms in total. The predicted octanol–water partition coefficient (Wildman–Crippen LogP) is -2.92. The molecule has 0 aromatic rings. The van der Waals surface area contributed by atoms with E-state index < -0.39 is 22.4 Å². The van der Waals surface area contributed by atoms with Crippen molar-refractivity contribution in [1.82, 2.24) is 0 Å². The zero-order valence-corrected chi connectivity index (χ0v) is 10.1. The van der Waals surface area contributed by atoms with Gasteiger partial charge in [0.15, 0.2) is 0 Å². The average molecular weight is 246 g/mol. The summed E-state index contributed by atoms with van der Waals surface area (Å²) in [5.74, 6) is -3.15. The average Bonchev–Trinajstić information content (AvgIpc) is 1.84. The van der Waals surface area contributed by atoms with Gasteiger partial charge in [-0.1, -0.05) is 0 Å². The smallest absolute Gasteiger partial charge is 0.549 e. The Morgan fingerprint density at radius 3 is 1.27 bits per heavy atom. The van der Waals surface area contributed by atoms with E-state index in [9.17, 15) is 19.8 Å². The van der Waals surface area contributed by atoms with Gasteiger partial charge >= 0.3 is 19.5 Å². The van der Waals surface area contributed by atoms with Crippen LogP contribution >= 0.6 is 25.3 Å². The number of aliphatic carboxylic acids is 2. The Balaban J connectivity index is 0. The zero-order chi connectivity index (χ0) is 8.31. The summed E-state index contributed by atoms with van der Waals surface area (Å²) in [5.41, 5.74) is 0. The van der Waals surface area contributed by atoms with Crippen molar-refractivity contribution >= 4 is 37.2 Å². The van der Waals surface area contributed by atoms with E-state index in [1.807, 2.05) is 0 Å². The number of thiol groups is 2. The van der Waals surface area contributed by atoms with Crippen molar-refractivity contribution in [1.29, 1.82) is 0 Å². The number of carboxylic acid groups (broad SMARTS) is 2. The Morgan fingerprint density at radius 2 is 1.18 bits per heavy atom. The van der Waals surface area contributed by atoms with Crippen LogP contribution in [-0.2, 0) is 29.1 Å². The number of carbonyl (C=O) groups excluding carboxylic acids is 2. The molecule has 0 N–H and O–H groups in total. The Morgan fingerprint density at radius 1 is 1.00 bits per heavy atom. The van der Waals surface area contributed by atoms with Crippen molar-refractivity contribution in [2.45, 2.75) is 10.5 Å². The second-order valence-electron chi connectivity index (χ2n) is 1.53. The minimum Gasteiger partial charge on any atom is -0.549 e. The molecule has 2 atom stereocenters. The van der Waals surface area contributed by atoms with Gasteiger partial charge in [-0.25, -0.2) is 0 Å². The molecule has 0 aliphatic carbocycles. The standard InChI is InChI=1S/C4H6O4S2.Zn/c5-3(6)1(9)2(10)4(7)8;/h1-2,9-10H,(H,5,6)(H,7,8);/q;+2/p-2. The molecule has 0 bridgehead atoms. The van der Waals surface area contributed by atoms with Gasteiger partial charge in [0, 0.05) is 0 Å². The summed E-state index contributed by atoms with van der Waals surface area (Å²) in [6, 6.07) is 0. The van der Waals surface area contributed by atoms with Gasteiger partial charge in [0.25, 0.3) is 0 Å². The molecule has 58 valence electrons. The Labute approximate surface area is 86.9 Å². The monoisotopic (exact) mass is 244 g/mol. The van der Waals surface area contributed by atoms with E-state index in [1.54, 1.807) is 0 Å². The van der Waals surface area contributed by atoms with Crippen molar-refractivity contribution in [3.8, 4) is 0 Å². The van der Waals surface area contributed by atoms with E-state index in [0.717, 1.165) is 0 Å². The van der Waals surface area contributed by atoms with Crippen LogP contribution in [0.3, 0.4) is 0 Å². The van der Waals surface area contributed by atoms with E-state index in [0.29, 0.717) is 0 Å². The van der Waals surface area contributed by atoms with Gasteiger partial charge in [0.2, 0.25) is 0 Å². The third-order valence-corrected chi connectivity index (χ3v) is 2.04. The minimum absolute atomic E-state index is 0. The summed E-state index contributed by atoms with van der Waals surface area (Å²) in [6.45, 7) is 0. The maximum atomic E-state index is 9.92. The zero-order valence-electron chi connectivity index (χ0n) is 5.39. The van der Waals surface area contributed by atoms with Gasteiger partial charge < -0.3 is 19.8 Å². The molecular formula is C4H4O4S2Zn. The first kappa shape index (κ1) is 13.8. The van der Waals surface area contributed by atoms with Crippen molar-refractivity contribution in [3.05, 3.63) is 0 Å². The molecule has 2 unspecified atom stereocenters. The van der Waals surface area contributed by atoms with Crippen LogP contribution in [0.1, 0.15) is 0 Å². The Bertz CT molecular complexity index is 144. The summed E-state index contributed by atoms with van der Waals surface area (Å²) in [5, 5.41) is 17.0. The third kappa shape index (κ3) is 4.66. The van der Waals surface area contributed by atoms with Gasteiger partial charge in [-0.2, -0.15) is 25.3 Å². The van der Waals surface area contributed by atoms with Gasteiger partial charge in [-0.05, 0) is 0 Å². The third-order valence-electron chi connectivity index (χ3n) is 0.782. The van der Waals surface area contributed by atoms with Crippen LogP contribution in [0.15, 0.2) is 0 Å².